The fraction of sp³-hybridized carbons (Fsp3) is 0.0189. The van der Waals surface area contributed by atoms with Crippen LogP contribution in [0, 0.1) is 0 Å². The van der Waals surface area contributed by atoms with E-state index >= 15 is 0 Å². The Bertz CT molecular complexity index is 3470. The SMILES string of the molecule is C=C(N=C(N=C(C)c1ccccc1)c1ccc2c(c1)[nH]c1ccc(-c3ccc4c(c3)c3ccccc3n4-c3ccccc3)cc12)c1cccc2sc3ccccc3c12. The predicted molar refractivity (Wildman–Crippen MR) is 249 cm³/mol. The van der Waals surface area contributed by atoms with Gasteiger partial charge in [-0.25, -0.2) is 9.98 Å². The van der Waals surface area contributed by atoms with Gasteiger partial charge in [-0.05, 0) is 84.3 Å². The van der Waals surface area contributed by atoms with Crippen LogP contribution in [-0.4, -0.2) is 21.1 Å². The van der Waals surface area contributed by atoms with Crippen LogP contribution in [0.4, 0.5) is 0 Å². The highest BCUT2D eigenvalue weighted by Gasteiger charge is 2.16. The number of H-pyrrole nitrogens is 1. The Morgan fingerprint density at radius 2 is 1.21 bits per heavy atom. The Morgan fingerprint density at radius 3 is 2.05 bits per heavy atom. The third kappa shape index (κ3) is 5.67. The Balaban J connectivity index is 1.02. The van der Waals surface area contributed by atoms with Gasteiger partial charge in [0.15, 0.2) is 5.84 Å². The molecule has 11 rings (SSSR count). The molecule has 3 heterocycles. The van der Waals surface area contributed by atoms with Gasteiger partial charge in [-0.1, -0.05) is 128 Å². The molecule has 5 heteroatoms. The number of thiophene rings is 1. The number of hydrogen-bond donors (Lipinski definition) is 1. The molecule has 1 N–H and O–H groups in total. The molecule has 274 valence electrons. The molecule has 0 bridgehead atoms. The van der Waals surface area contributed by atoms with E-state index < -0.39 is 0 Å². The summed E-state index contributed by atoms with van der Waals surface area (Å²) in [5.74, 6) is 0.618. The maximum atomic E-state index is 5.22. The maximum Gasteiger partial charge on any atom is 0.160 e. The molecule has 0 fully saturated rings. The summed E-state index contributed by atoms with van der Waals surface area (Å²) in [5, 5.41) is 7.21. The van der Waals surface area contributed by atoms with Gasteiger partial charge in [-0.2, -0.15) is 0 Å². The number of nitrogens with zero attached hydrogens (tertiary/aromatic N) is 3. The lowest BCUT2D eigenvalue weighted by Crippen LogP contribution is -2.04. The van der Waals surface area contributed by atoms with Gasteiger partial charge in [0, 0.05) is 75.3 Å². The largest absolute Gasteiger partial charge is 0.354 e. The van der Waals surface area contributed by atoms with Crippen LogP contribution in [0.3, 0.4) is 0 Å². The van der Waals surface area contributed by atoms with Crippen LogP contribution in [0.2, 0.25) is 0 Å². The first kappa shape index (κ1) is 34.0. The van der Waals surface area contributed by atoms with Crippen LogP contribution in [0.15, 0.2) is 199 Å². The zero-order valence-corrected chi connectivity index (χ0v) is 32.6. The monoisotopic (exact) mass is 760 g/mol. The number of amidine groups is 1. The molecule has 0 aliphatic carbocycles. The number of nitrogens with one attached hydrogen (secondary N) is 1. The lowest BCUT2D eigenvalue weighted by molar-refractivity contribution is 1.18. The summed E-state index contributed by atoms with van der Waals surface area (Å²) in [4.78, 5) is 14.1. The van der Waals surface area contributed by atoms with E-state index in [-0.39, 0.29) is 0 Å². The molecule has 58 heavy (non-hydrogen) atoms. The number of para-hydroxylation sites is 2. The van der Waals surface area contributed by atoms with Crippen LogP contribution >= 0.6 is 11.3 Å². The van der Waals surface area contributed by atoms with Gasteiger partial charge in [0.1, 0.15) is 0 Å². The Labute approximate surface area is 339 Å². The van der Waals surface area contributed by atoms with Gasteiger partial charge in [-0.3, -0.25) is 0 Å². The molecule has 0 radical (unpaired) electrons. The fourth-order valence-corrected chi connectivity index (χ4v) is 9.62. The molecule has 0 aliphatic rings. The molecule has 8 aromatic carbocycles. The normalized spacial score (nSPS) is 12.5. The van der Waals surface area contributed by atoms with Crippen LogP contribution in [0.25, 0.3) is 86.3 Å². The van der Waals surface area contributed by atoms with Crippen molar-refractivity contribution in [1.29, 1.82) is 0 Å². The van der Waals surface area contributed by atoms with Crippen molar-refractivity contribution in [1.82, 2.24) is 9.55 Å². The van der Waals surface area contributed by atoms with Crippen LogP contribution in [0.1, 0.15) is 23.6 Å². The van der Waals surface area contributed by atoms with Gasteiger partial charge < -0.3 is 9.55 Å². The average molecular weight is 761 g/mol. The van der Waals surface area contributed by atoms with E-state index in [0.717, 1.165) is 44.5 Å². The smallest absolute Gasteiger partial charge is 0.160 e. The van der Waals surface area contributed by atoms with E-state index in [2.05, 4.69) is 180 Å². The summed E-state index contributed by atoms with van der Waals surface area (Å²) in [6, 6.07) is 64.6. The first-order valence-electron chi connectivity index (χ1n) is 19.5. The quantitative estimate of drug-likeness (QED) is 0.130. The highest BCUT2D eigenvalue weighted by molar-refractivity contribution is 7.25. The molecule has 0 atom stereocenters. The Kier molecular flexibility index (Phi) is 8.02. The van der Waals surface area contributed by atoms with Crippen molar-refractivity contribution in [3.8, 4) is 16.8 Å². The summed E-state index contributed by atoms with van der Waals surface area (Å²) in [7, 11) is 0. The van der Waals surface area contributed by atoms with E-state index in [0.29, 0.717) is 11.5 Å². The van der Waals surface area contributed by atoms with Crippen LogP contribution < -0.4 is 0 Å². The second kappa shape index (κ2) is 13.7. The average Bonchev–Trinajstić information content (AvgIpc) is 3.95. The highest BCUT2D eigenvalue weighted by Crippen LogP contribution is 2.39. The molecule has 0 aliphatic heterocycles. The van der Waals surface area contributed by atoms with E-state index in [1.54, 1.807) is 11.3 Å². The van der Waals surface area contributed by atoms with Crippen molar-refractivity contribution in [2.45, 2.75) is 6.92 Å². The van der Waals surface area contributed by atoms with Crippen molar-refractivity contribution in [2.24, 2.45) is 9.98 Å². The number of benzene rings is 8. The van der Waals surface area contributed by atoms with Crippen LogP contribution in [-0.2, 0) is 0 Å². The molecular formula is C53H36N4S. The van der Waals surface area contributed by atoms with E-state index in [1.165, 1.54) is 58.5 Å². The van der Waals surface area contributed by atoms with Gasteiger partial charge in [-0.15, -0.1) is 11.3 Å². The predicted octanol–water partition coefficient (Wildman–Crippen LogP) is 14.4. The fourth-order valence-electron chi connectivity index (χ4n) is 8.49. The second-order valence-electron chi connectivity index (χ2n) is 14.8. The van der Waals surface area contributed by atoms with Crippen molar-refractivity contribution < 1.29 is 0 Å². The first-order valence-corrected chi connectivity index (χ1v) is 20.3. The molecule has 0 amide bonds. The topological polar surface area (TPSA) is 45.4 Å². The number of aliphatic imine (C=N–C) groups is 2. The lowest BCUT2D eigenvalue weighted by atomic mass is 10.0. The Hall–Kier alpha value is -7.34. The van der Waals surface area contributed by atoms with Crippen molar-refractivity contribution in [3.05, 3.63) is 205 Å². The van der Waals surface area contributed by atoms with Gasteiger partial charge in [0.2, 0.25) is 0 Å². The molecule has 3 aromatic heterocycles. The molecule has 11 aromatic rings. The molecule has 0 saturated heterocycles. The number of aromatic nitrogens is 2. The number of aromatic amines is 1. The second-order valence-corrected chi connectivity index (χ2v) is 15.9. The third-order valence-corrected chi connectivity index (χ3v) is 12.4. The van der Waals surface area contributed by atoms with Gasteiger partial charge in [0.05, 0.1) is 16.7 Å². The highest BCUT2D eigenvalue weighted by atomic mass is 32.1. The van der Waals surface area contributed by atoms with Crippen LogP contribution in [0.5, 0.6) is 0 Å². The standard InChI is InChI=1S/C53H36N4S/c1-33(35-14-5-3-6-15-35)54-53(55-34(2)40-20-13-23-51-52(40)43-19-10-12-22-50(43)58-51)38-24-27-41-44-30-36(25-28-46(44)56-47(41)32-38)37-26-29-49-45(31-37)42-18-9-11-21-48(42)57(49)39-16-7-4-8-17-39/h3-32,56H,2H2,1H3. The molecule has 0 unspecified atom stereocenters. The van der Waals surface area contributed by atoms with Crippen molar-refractivity contribution in [2.75, 3.05) is 0 Å². The third-order valence-electron chi connectivity index (χ3n) is 11.3. The molecular weight excluding hydrogens is 725 g/mol. The lowest BCUT2D eigenvalue weighted by Gasteiger charge is -2.09. The minimum Gasteiger partial charge on any atom is -0.354 e. The van der Waals surface area contributed by atoms with Gasteiger partial charge in [0.25, 0.3) is 0 Å². The van der Waals surface area contributed by atoms with E-state index in [1.807, 2.05) is 25.1 Å². The maximum absolute atomic E-state index is 5.22. The Morgan fingerprint density at radius 1 is 0.517 bits per heavy atom. The first-order chi connectivity index (χ1) is 28.6. The number of hydrogen-bond acceptors (Lipinski definition) is 2. The summed E-state index contributed by atoms with van der Waals surface area (Å²) in [6.45, 7) is 6.58. The summed E-state index contributed by atoms with van der Waals surface area (Å²) in [5.41, 5.74) is 12.6. The van der Waals surface area contributed by atoms with Crippen molar-refractivity contribution in [3.63, 3.8) is 0 Å². The van der Waals surface area contributed by atoms with E-state index in [4.69, 9.17) is 9.98 Å². The minimum absolute atomic E-state index is 0.618. The minimum atomic E-state index is 0.618. The number of rotatable bonds is 6. The summed E-state index contributed by atoms with van der Waals surface area (Å²) < 4.78 is 4.83. The summed E-state index contributed by atoms with van der Waals surface area (Å²) in [6.07, 6.45) is 0. The number of fused-ring (bicyclic) bond motifs is 9. The zero-order chi connectivity index (χ0) is 38.7. The molecule has 4 nitrogen and oxygen atoms in total. The van der Waals surface area contributed by atoms with Gasteiger partial charge >= 0.3 is 0 Å². The van der Waals surface area contributed by atoms with E-state index in [9.17, 15) is 0 Å². The molecule has 0 saturated carbocycles. The molecule has 0 spiro atoms. The summed E-state index contributed by atoms with van der Waals surface area (Å²) >= 11 is 1.80. The zero-order valence-electron chi connectivity index (χ0n) is 31.8. The van der Waals surface area contributed by atoms with Crippen molar-refractivity contribution >= 4 is 92.4 Å².